The third-order valence-corrected chi connectivity index (χ3v) is 5.40. The Morgan fingerprint density at radius 2 is 1.77 bits per heavy atom. The zero-order chi connectivity index (χ0) is 21.3. The fourth-order valence-corrected chi connectivity index (χ4v) is 3.61. The van der Waals surface area contributed by atoms with Gasteiger partial charge in [0.2, 0.25) is 5.91 Å². The van der Waals surface area contributed by atoms with E-state index < -0.39 is 0 Å². The van der Waals surface area contributed by atoms with Crippen molar-refractivity contribution in [2.24, 2.45) is 4.99 Å². The molecule has 1 aliphatic rings. The van der Waals surface area contributed by atoms with Crippen molar-refractivity contribution in [2.45, 2.75) is 32.9 Å². The molecule has 168 valence electrons. The molecule has 0 fully saturated rings. The van der Waals surface area contributed by atoms with Crippen LogP contribution in [0, 0.1) is 6.92 Å². The number of likely N-dealkylation sites (N-methyl/N-ethyl adjacent to an activating group) is 1. The Morgan fingerprint density at radius 3 is 2.42 bits per heavy atom. The van der Waals surface area contributed by atoms with Crippen LogP contribution in [0.25, 0.3) is 0 Å². The highest BCUT2D eigenvalue weighted by Gasteiger charge is 2.22. The number of amides is 1. The molecule has 1 amide bonds. The van der Waals surface area contributed by atoms with Crippen LogP contribution in [0.15, 0.2) is 53.5 Å². The summed E-state index contributed by atoms with van der Waals surface area (Å²) in [6, 6.07) is 16.3. The number of ether oxygens (including phenoxy) is 1. The molecule has 2 aromatic carbocycles. The SMILES string of the molecule is CN=C(NCCCC(=O)N1Cc2ccccc2C1)N(C)CCOc1ccccc1C.I. The highest BCUT2D eigenvalue weighted by molar-refractivity contribution is 14.0. The molecule has 31 heavy (non-hydrogen) atoms. The number of nitrogens with zero attached hydrogens (tertiary/aromatic N) is 3. The van der Waals surface area contributed by atoms with Gasteiger partial charge in [0, 0.05) is 40.2 Å². The zero-order valence-electron chi connectivity index (χ0n) is 18.6. The largest absolute Gasteiger partial charge is 0.491 e. The number of hydrogen-bond donors (Lipinski definition) is 1. The van der Waals surface area contributed by atoms with Gasteiger partial charge in [-0.25, -0.2) is 0 Å². The molecule has 1 aliphatic heterocycles. The van der Waals surface area contributed by atoms with Gasteiger partial charge in [0.15, 0.2) is 5.96 Å². The maximum absolute atomic E-state index is 12.5. The lowest BCUT2D eigenvalue weighted by molar-refractivity contribution is -0.131. The van der Waals surface area contributed by atoms with E-state index in [2.05, 4.69) is 22.4 Å². The Kier molecular flexibility index (Phi) is 10.1. The van der Waals surface area contributed by atoms with Crippen LogP contribution in [0.1, 0.15) is 29.5 Å². The smallest absolute Gasteiger partial charge is 0.223 e. The number of halogens is 1. The van der Waals surface area contributed by atoms with Crippen LogP contribution in [0.3, 0.4) is 0 Å². The number of rotatable bonds is 8. The summed E-state index contributed by atoms with van der Waals surface area (Å²) in [6.07, 6.45) is 1.32. The van der Waals surface area contributed by atoms with Gasteiger partial charge in [-0.05, 0) is 36.1 Å². The molecule has 2 aromatic rings. The lowest BCUT2D eigenvalue weighted by atomic mass is 10.1. The molecule has 0 unspecified atom stereocenters. The predicted molar refractivity (Wildman–Crippen MR) is 136 cm³/mol. The lowest BCUT2D eigenvalue weighted by Gasteiger charge is -2.22. The summed E-state index contributed by atoms with van der Waals surface area (Å²) in [7, 11) is 3.76. The molecule has 6 nitrogen and oxygen atoms in total. The number of hydrogen-bond acceptors (Lipinski definition) is 3. The molecule has 0 radical (unpaired) electrons. The topological polar surface area (TPSA) is 57.2 Å². The van der Waals surface area contributed by atoms with E-state index in [0.717, 1.165) is 43.3 Å². The van der Waals surface area contributed by atoms with E-state index in [1.807, 2.05) is 60.2 Å². The quantitative estimate of drug-likeness (QED) is 0.241. The highest BCUT2D eigenvalue weighted by atomic mass is 127. The van der Waals surface area contributed by atoms with Crippen LogP contribution in [-0.4, -0.2) is 55.5 Å². The maximum Gasteiger partial charge on any atom is 0.223 e. The van der Waals surface area contributed by atoms with Gasteiger partial charge in [0.1, 0.15) is 12.4 Å². The number of carbonyl (C=O) groups excluding carboxylic acids is 1. The Hall–Kier alpha value is -2.29. The molecular formula is C24H33IN4O2. The summed E-state index contributed by atoms with van der Waals surface area (Å²) >= 11 is 0. The number of guanidine groups is 1. The van der Waals surface area contributed by atoms with Crippen LogP contribution in [0.4, 0.5) is 0 Å². The monoisotopic (exact) mass is 536 g/mol. The summed E-state index contributed by atoms with van der Waals surface area (Å²) in [6.45, 7) is 5.51. The summed E-state index contributed by atoms with van der Waals surface area (Å²) < 4.78 is 5.87. The molecule has 0 spiro atoms. The molecule has 0 saturated heterocycles. The first kappa shape index (κ1) is 25.0. The van der Waals surface area contributed by atoms with Crippen LogP contribution >= 0.6 is 24.0 Å². The van der Waals surface area contributed by atoms with Gasteiger partial charge in [0.05, 0.1) is 6.54 Å². The second-order valence-corrected chi connectivity index (χ2v) is 7.63. The summed E-state index contributed by atoms with van der Waals surface area (Å²) in [4.78, 5) is 20.8. The number of benzene rings is 2. The van der Waals surface area contributed by atoms with Crippen LogP contribution < -0.4 is 10.1 Å². The van der Waals surface area contributed by atoms with Gasteiger partial charge in [-0.1, -0.05) is 42.5 Å². The zero-order valence-corrected chi connectivity index (χ0v) is 21.0. The molecule has 1 N–H and O–H groups in total. The van der Waals surface area contributed by atoms with E-state index in [-0.39, 0.29) is 29.9 Å². The molecule has 7 heteroatoms. The van der Waals surface area contributed by atoms with Crippen molar-refractivity contribution in [3.63, 3.8) is 0 Å². The maximum atomic E-state index is 12.5. The Balaban J connectivity index is 0.00000341. The number of aliphatic imine (C=N–C) groups is 1. The van der Waals surface area contributed by atoms with E-state index in [1.165, 1.54) is 11.1 Å². The number of fused-ring (bicyclic) bond motifs is 1. The molecule has 1 heterocycles. The number of carbonyl (C=O) groups is 1. The van der Waals surface area contributed by atoms with Gasteiger partial charge in [0.25, 0.3) is 0 Å². The second-order valence-electron chi connectivity index (χ2n) is 7.63. The summed E-state index contributed by atoms with van der Waals surface area (Å²) in [5, 5.41) is 3.34. The molecule has 0 aromatic heterocycles. The third-order valence-electron chi connectivity index (χ3n) is 5.40. The Bertz CT molecular complexity index is 862. The van der Waals surface area contributed by atoms with Crippen molar-refractivity contribution in [3.8, 4) is 5.75 Å². The van der Waals surface area contributed by atoms with Crippen molar-refractivity contribution in [2.75, 3.05) is 33.8 Å². The van der Waals surface area contributed by atoms with E-state index in [0.29, 0.717) is 19.6 Å². The second kappa shape index (κ2) is 12.5. The molecule has 0 saturated carbocycles. The van der Waals surface area contributed by atoms with Crippen molar-refractivity contribution in [1.29, 1.82) is 0 Å². The fourth-order valence-electron chi connectivity index (χ4n) is 3.61. The first-order valence-corrected chi connectivity index (χ1v) is 10.5. The lowest BCUT2D eigenvalue weighted by Crippen LogP contribution is -2.41. The first-order valence-electron chi connectivity index (χ1n) is 10.5. The summed E-state index contributed by atoms with van der Waals surface area (Å²) in [5.41, 5.74) is 3.66. The van der Waals surface area contributed by atoms with E-state index in [4.69, 9.17) is 4.74 Å². The molecule has 0 aliphatic carbocycles. The Labute approximate surface area is 202 Å². The van der Waals surface area contributed by atoms with Gasteiger partial charge < -0.3 is 19.9 Å². The standard InChI is InChI=1S/C24H32N4O2.HI/c1-19-9-4-7-12-22(19)30-16-15-27(3)24(25-2)26-14-8-13-23(29)28-17-20-10-5-6-11-21(20)18-28;/h4-7,9-12H,8,13-18H2,1-3H3,(H,25,26);1H. The normalized spacial score (nSPS) is 12.7. The third kappa shape index (κ3) is 7.12. The number of para-hydroxylation sites is 1. The average molecular weight is 536 g/mol. The molecule has 0 bridgehead atoms. The first-order chi connectivity index (χ1) is 14.6. The predicted octanol–water partition coefficient (Wildman–Crippen LogP) is 3.82. The molecule has 0 atom stereocenters. The molecule has 3 rings (SSSR count). The number of aryl methyl sites for hydroxylation is 1. The van der Waals surface area contributed by atoms with Crippen LogP contribution in [0.5, 0.6) is 5.75 Å². The average Bonchev–Trinajstić information content (AvgIpc) is 3.19. The van der Waals surface area contributed by atoms with E-state index in [1.54, 1.807) is 7.05 Å². The minimum Gasteiger partial charge on any atom is -0.491 e. The van der Waals surface area contributed by atoms with Gasteiger partial charge in [-0.2, -0.15) is 0 Å². The Morgan fingerprint density at radius 1 is 1.13 bits per heavy atom. The van der Waals surface area contributed by atoms with E-state index >= 15 is 0 Å². The summed E-state index contributed by atoms with van der Waals surface area (Å²) in [5.74, 6) is 1.93. The fraction of sp³-hybridized carbons (Fsp3) is 0.417. The van der Waals surface area contributed by atoms with Gasteiger partial charge in [-0.3, -0.25) is 9.79 Å². The van der Waals surface area contributed by atoms with E-state index in [9.17, 15) is 4.79 Å². The van der Waals surface area contributed by atoms with Crippen molar-refractivity contribution < 1.29 is 9.53 Å². The van der Waals surface area contributed by atoms with Gasteiger partial charge >= 0.3 is 0 Å². The molecular weight excluding hydrogens is 503 g/mol. The minimum atomic E-state index is 0. The van der Waals surface area contributed by atoms with Gasteiger partial charge in [-0.15, -0.1) is 24.0 Å². The van der Waals surface area contributed by atoms with Crippen molar-refractivity contribution in [3.05, 3.63) is 65.2 Å². The van der Waals surface area contributed by atoms with Crippen molar-refractivity contribution >= 4 is 35.8 Å². The van der Waals surface area contributed by atoms with Crippen LogP contribution in [0.2, 0.25) is 0 Å². The minimum absolute atomic E-state index is 0. The van der Waals surface area contributed by atoms with Crippen LogP contribution in [-0.2, 0) is 17.9 Å². The van der Waals surface area contributed by atoms with Crippen molar-refractivity contribution in [1.82, 2.24) is 15.1 Å². The number of nitrogens with one attached hydrogen (secondary N) is 1. The highest BCUT2D eigenvalue weighted by Crippen LogP contribution is 2.22.